The van der Waals surface area contributed by atoms with Crippen LogP contribution in [0, 0.1) is 5.92 Å². The summed E-state index contributed by atoms with van der Waals surface area (Å²) in [4.78, 5) is 22.1. The summed E-state index contributed by atoms with van der Waals surface area (Å²) < 4.78 is 40.4. The number of benzene rings is 1. The number of rotatable bonds is 11. The minimum absolute atomic E-state index is 0.00789. The van der Waals surface area contributed by atoms with Crippen molar-refractivity contribution in [3.05, 3.63) is 77.9 Å². The van der Waals surface area contributed by atoms with Crippen LogP contribution in [0.1, 0.15) is 40.9 Å². The second-order valence-electron chi connectivity index (χ2n) is 8.42. The Bertz CT molecular complexity index is 1390. The lowest BCUT2D eigenvalue weighted by molar-refractivity contribution is 0.103. The third-order valence-electron chi connectivity index (χ3n) is 5.81. The molecular weight excluding hydrogens is 504 g/mol. The number of hydrogen-bond acceptors (Lipinski definition) is 9. The number of ketones is 1. The number of carbonyl (C=O) groups is 1. The quantitative estimate of drug-likeness (QED) is 0.354. The normalized spacial score (nSPS) is 18.6. The average molecular weight is 531 g/mol. The molecular formula is C23H26N6O5S2. The topological polar surface area (TPSA) is 159 Å². The van der Waals surface area contributed by atoms with Gasteiger partial charge in [0.1, 0.15) is 17.8 Å². The number of carbonyl (C=O) groups excluding carboxylic acids is 1. The zero-order chi connectivity index (χ0) is 25.7. The van der Waals surface area contributed by atoms with E-state index in [9.17, 15) is 17.4 Å². The first-order valence-corrected chi connectivity index (χ1v) is 13.8. The van der Waals surface area contributed by atoms with Crippen molar-refractivity contribution in [1.29, 1.82) is 0 Å². The predicted molar refractivity (Wildman–Crippen MR) is 134 cm³/mol. The van der Waals surface area contributed by atoms with E-state index in [1.54, 1.807) is 23.0 Å². The van der Waals surface area contributed by atoms with Crippen LogP contribution >= 0.6 is 0 Å². The summed E-state index contributed by atoms with van der Waals surface area (Å²) in [5, 5.41) is 14.0. The molecule has 0 radical (unpaired) electrons. The van der Waals surface area contributed by atoms with Crippen LogP contribution in [0.2, 0.25) is 0 Å². The number of aromatic nitrogens is 4. The van der Waals surface area contributed by atoms with Gasteiger partial charge in [0.2, 0.25) is 5.78 Å². The fourth-order valence-corrected chi connectivity index (χ4v) is 5.17. The summed E-state index contributed by atoms with van der Waals surface area (Å²) in [6.07, 6.45) is 6.68. The lowest BCUT2D eigenvalue weighted by Gasteiger charge is -2.15. The van der Waals surface area contributed by atoms with Crippen molar-refractivity contribution in [1.82, 2.24) is 19.7 Å². The molecule has 0 spiro atoms. The highest BCUT2D eigenvalue weighted by Gasteiger charge is 2.28. The van der Waals surface area contributed by atoms with E-state index < -0.39 is 21.1 Å². The van der Waals surface area contributed by atoms with Gasteiger partial charge in [-0.1, -0.05) is 18.7 Å². The van der Waals surface area contributed by atoms with Crippen molar-refractivity contribution in [2.75, 3.05) is 11.9 Å². The number of anilines is 1. The fraction of sp³-hybridized carbons (Fsp3) is 0.304. The summed E-state index contributed by atoms with van der Waals surface area (Å²) >= 11 is 0. The SMILES string of the molecule is C=CS(=O)c1cccc(Cn2ccc(C(=O)c3cncnc3NC3CCC(COS(N)(=O)=O)C3)n2)c1. The van der Waals surface area contributed by atoms with Crippen LogP contribution in [0.15, 0.2) is 65.9 Å². The molecule has 3 atom stereocenters. The first-order valence-electron chi connectivity index (χ1n) is 11.2. The van der Waals surface area contributed by atoms with E-state index in [2.05, 4.69) is 27.0 Å². The van der Waals surface area contributed by atoms with Gasteiger partial charge in [-0.2, -0.15) is 13.5 Å². The molecule has 1 fully saturated rings. The van der Waals surface area contributed by atoms with Crippen molar-refractivity contribution >= 4 is 32.7 Å². The van der Waals surface area contributed by atoms with E-state index in [4.69, 9.17) is 9.32 Å². The van der Waals surface area contributed by atoms with E-state index in [-0.39, 0.29) is 35.6 Å². The Kier molecular flexibility index (Phi) is 8.04. The van der Waals surface area contributed by atoms with Crippen molar-refractivity contribution in [2.45, 2.75) is 36.7 Å². The van der Waals surface area contributed by atoms with Crippen molar-refractivity contribution in [3.63, 3.8) is 0 Å². The highest BCUT2D eigenvalue weighted by atomic mass is 32.2. The van der Waals surface area contributed by atoms with Crippen LogP contribution in [-0.4, -0.2) is 50.8 Å². The maximum absolute atomic E-state index is 13.2. The molecule has 3 N–H and O–H groups in total. The predicted octanol–water partition coefficient (Wildman–Crippen LogP) is 2.00. The largest absolute Gasteiger partial charge is 0.367 e. The van der Waals surface area contributed by atoms with Crippen molar-refractivity contribution < 1.29 is 21.6 Å². The maximum atomic E-state index is 13.2. The third-order valence-corrected chi connectivity index (χ3v) is 7.29. The summed E-state index contributed by atoms with van der Waals surface area (Å²) in [6.45, 7) is 3.98. The first-order chi connectivity index (χ1) is 17.2. The molecule has 1 saturated carbocycles. The number of hydrogen-bond donors (Lipinski definition) is 2. The van der Waals surface area contributed by atoms with E-state index in [1.807, 2.05) is 18.2 Å². The van der Waals surface area contributed by atoms with Crippen molar-refractivity contribution in [3.8, 4) is 0 Å². The monoisotopic (exact) mass is 530 g/mol. The van der Waals surface area contributed by atoms with Crippen LogP contribution in [0.5, 0.6) is 0 Å². The zero-order valence-electron chi connectivity index (χ0n) is 19.3. The molecule has 0 aliphatic heterocycles. The molecule has 1 aromatic carbocycles. The molecule has 0 amide bonds. The molecule has 0 saturated heterocycles. The molecule has 3 unspecified atom stereocenters. The second kappa shape index (κ2) is 11.2. The molecule has 2 aromatic heterocycles. The molecule has 1 aliphatic carbocycles. The van der Waals surface area contributed by atoms with Crippen LogP contribution in [0.3, 0.4) is 0 Å². The van der Waals surface area contributed by atoms with E-state index in [0.29, 0.717) is 23.7 Å². The molecule has 11 nitrogen and oxygen atoms in total. The van der Waals surface area contributed by atoms with Gasteiger partial charge in [0, 0.05) is 28.7 Å². The van der Waals surface area contributed by atoms with Crippen molar-refractivity contribution in [2.24, 2.45) is 11.1 Å². The van der Waals surface area contributed by atoms with Gasteiger partial charge in [-0.25, -0.2) is 19.3 Å². The molecule has 13 heteroatoms. The summed E-state index contributed by atoms with van der Waals surface area (Å²) in [5.41, 5.74) is 1.41. The summed E-state index contributed by atoms with van der Waals surface area (Å²) in [5.74, 6) is 0.0903. The first kappa shape index (κ1) is 25.8. The molecule has 4 rings (SSSR count). The number of nitrogens with two attached hydrogens (primary N) is 1. The van der Waals surface area contributed by atoms with Crippen LogP contribution in [0.4, 0.5) is 5.82 Å². The number of nitrogens with one attached hydrogen (secondary N) is 1. The minimum atomic E-state index is -3.97. The van der Waals surface area contributed by atoms with Gasteiger partial charge in [0.25, 0.3) is 0 Å². The Morgan fingerprint density at radius 3 is 2.94 bits per heavy atom. The molecule has 2 heterocycles. The van der Waals surface area contributed by atoms with Crippen LogP contribution < -0.4 is 10.5 Å². The van der Waals surface area contributed by atoms with Gasteiger partial charge in [0.15, 0.2) is 0 Å². The van der Waals surface area contributed by atoms with E-state index in [0.717, 1.165) is 18.4 Å². The fourth-order valence-electron chi connectivity index (χ4n) is 4.11. The van der Waals surface area contributed by atoms with Gasteiger partial charge >= 0.3 is 10.3 Å². The summed E-state index contributed by atoms with van der Waals surface area (Å²) in [6, 6.07) is 8.91. The zero-order valence-corrected chi connectivity index (χ0v) is 21.0. The Labute approximate surface area is 211 Å². The Morgan fingerprint density at radius 1 is 1.33 bits per heavy atom. The Balaban J connectivity index is 1.43. The Hall–Kier alpha value is -3.26. The van der Waals surface area contributed by atoms with Gasteiger partial charge < -0.3 is 5.32 Å². The molecule has 190 valence electrons. The molecule has 36 heavy (non-hydrogen) atoms. The highest BCUT2D eigenvalue weighted by molar-refractivity contribution is 7.88. The lowest BCUT2D eigenvalue weighted by atomic mass is 10.1. The average Bonchev–Trinajstić information content (AvgIpc) is 3.51. The Morgan fingerprint density at radius 2 is 2.17 bits per heavy atom. The van der Waals surface area contributed by atoms with Crippen LogP contribution in [0.25, 0.3) is 0 Å². The van der Waals surface area contributed by atoms with E-state index >= 15 is 0 Å². The highest BCUT2D eigenvalue weighted by Crippen LogP contribution is 2.29. The third kappa shape index (κ3) is 6.69. The maximum Gasteiger partial charge on any atom is 0.333 e. The van der Waals surface area contributed by atoms with Gasteiger partial charge in [-0.15, -0.1) is 0 Å². The minimum Gasteiger partial charge on any atom is -0.367 e. The van der Waals surface area contributed by atoms with Crippen LogP contribution in [-0.2, 0) is 31.8 Å². The summed E-state index contributed by atoms with van der Waals surface area (Å²) in [7, 11) is -5.25. The lowest BCUT2D eigenvalue weighted by Crippen LogP contribution is -2.22. The molecule has 1 aliphatic rings. The van der Waals surface area contributed by atoms with E-state index in [1.165, 1.54) is 17.9 Å². The standard InChI is InChI=1S/C23H26N6O5S2/c1-2-35(31)19-5-3-4-16(11-19)13-29-9-8-21(28-29)22(30)20-12-25-15-26-23(20)27-18-7-6-17(10-18)14-34-36(24,32)33/h2-5,8-9,11-12,15,17-18H,1,6-7,10,13-14H2,(H2,24,32,33)(H,25,26,27). The second-order valence-corrected chi connectivity index (χ2v) is 11.0. The molecule has 3 aromatic rings. The number of nitrogens with zero attached hydrogens (tertiary/aromatic N) is 4. The van der Waals surface area contributed by atoms with Gasteiger partial charge in [0.05, 0.1) is 29.5 Å². The van der Waals surface area contributed by atoms with Gasteiger partial charge in [-0.3, -0.25) is 13.7 Å². The smallest absolute Gasteiger partial charge is 0.333 e. The van der Waals surface area contributed by atoms with Gasteiger partial charge in [-0.05, 0) is 48.9 Å². The molecule has 0 bridgehead atoms.